The van der Waals surface area contributed by atoms with Gasteiger partial charge < -0.3 is 5.32 Å². The third kappa shape index (κ3) is 4.73. The first-order valence-corrected chi connectivity index (χ1v) is 10.00. The van der Waals surface area contributed by atoms with E-state index in [1.165, 1.54) is 18.4 Å². The maximum atomic E-state index is 12.8. The first-order valence-electron chi connectivity index (χ1n) is 10.00. The van der Waals surface area contributed by atoms with Gasteiger partial charge in [-0.2, -0.15) is 0 Å². The van der Waals surface area contributed by atoms with E-state index in [0.717, 1.165) is 48.0 Å². The summed E-state index contributed by atoms with van der Waals surface area (Å²) in [5.41, 5.74) is 4.73. The molecule has 1 N–H and O–H groups in total. The van der Waals surface area contributed by atoms with Crippen LogP contribution in [0.1, 0.15) is 55.5 Å². The molecule has 0 bridgehead atoms. The molecule has 0 aliphatic carbocycles. The van der Waals surface area contributed by atoms with E-state index >= 15 is 0 Å². The Kier molecular flexibility index (Phi) is 6.59. The number of para-hydroxylation sites is 1. The maximum absolute atomic E-state index is 12.8. The topological polar surface area (TPSA) is 42.0 Å². The van der Waals surface area contributed by atoms with Crippen LogP contribution < -0.4 is 5.32 Å². The molecule has 0 radical (unpaired) electrons. The van der Waals surface area contributed by atoms with Gasteiger partial charge in [0.05, 0.1) is 16.8 Å². The van der Waals surface area contributed by atoms with E-state index in [1.807, 2.05) is 30.3 Å². The molecule has 3 nitrogen and oxygen atoms in total. The van der Waals surface area contributed by atoms with Gasteiger partial charge in [0, 0.05) is 17.5 Å². The largest absolute Gasteiger partial charge is 0.352 e. The summed E-state index contributed by atoms with van der Waals surface area (Å²) >= 11 is 0. The molecule has 0 saturated carbocycles. The van der Waals surface area contributed by atoms with Gasteiger partial charge in [-0.3, -0.25) is 4.79 Å². The third-order valence-corrected chi connectivity index (χ3v) is 4.93. The molecule has 1 amide bonds. The van der Waals surface area contributed by atoms with Gasteiger partial charge in [0.25, 0.3) is 5.91 Å². The van der Waals surface area contributed by atoms with E-state index in [-0.39, 0.29) is 5.91 Å². The van der Waals surface area contributed by atoms with E-state index < -0.39 is 0 Å². The Morgan fingerprint density at radius 2 is 1.74 bits per heavy atom. The van der Waals surface area contributed by atoms with Gasteiger partial charge in [0.1, 0.15) is 0 Å². The summed E-state index contributed by atoms with van der Waals surface area (Å²) in [6, 6.07) is 18.2. The number of carbonyl (C=O) groups excluding carboxylic acids is 1. The number of unbranched alkanes of at least 4 members (excludes halogenated alkanes) is 3. The second-order valence-corrected chi connectivity index (χ2v) is 6.94. The molecule has 3 rings (SSSR count). The number of hydrogen-bond acceptors (Lipinski definition) is 2. The van der Waals surface area contributed by atoms with Crippen LogP contribution in [0.2, 0.25) is 0 Å². The molecule has 1 aromatic heterocycles. The van der Waals surface area contributed by atoms with Gasteiger partial charge >= 0.3 is 0 Å². The number of nitrogens with one attached hydrogen (secondary N) is 1. The van der Waals surface area contributed by atoms with Crippen LogP contribution >= 0.6 is 0 Å². The van der Waals surface area contributed by atoms with Crippen molar-refractivity contribution in [2.75, 3.05) is 6.54 Å². The molecule has 0 saturated heterocycles. The number of nitrogens with zero attached hydrogens (tertiary/aromatic N) is 1. The van der Waals surface area contributed by atoms with Gasteiger partial charge in [0.15, 0.2) is 0 Å². The first-order chi connectivity index (χ1) is 13.2. The highest BCUT2D eigenvalue weighted by Gasteiger charge is 2.13. The highest BCUT2D eigenvalue weighted by atomic mass is 16.1. The van der Waals surface area contributed by atoms with Crippen molar-refractivity contribution in [2.24, 2.45) is 0 Å². The third-order valence-electron chi connectivity index (χ3n) is 4.93. The molecule has 140 valence electrons. The zero-order valence-corrected chi connectivity index (χ0v) is 16.3. The molecule has 27 heavy (non-hydrogen) atoms. The minimum Gasteiger partial charge on any atom is -0.352 e. The molecule has 3 aromatic rings. The Hall–Kier alpha value is -2.68. The standard InChI is InChI=1S/C24H28N2O/c1-3-5-6-9-16-25-24(27)21-17-23(19-14-12-18(4-2)13-15-19)26-22-11-8-7-10-20(21)22/h7-8,10-15,17H,3-6,9,16H2,1-2H3,(H,25,27). The molecular weight excluding hydrogens is 332 g/mol. The predicted octanol–water partition coefficient (Wildman–Crippen LogP) is 5.77. The highest BCUT2D eigenvalue weighted by molar-refractivity contribution is 6.07. The number of aryl methyl sites for hydroxylation is 1. The minimum absolute atomic E-state index is 0.0171. The van der Waals surface area contributed by atoms with Crippen molar-refractivity contribution in [3.8, 4) is 11.3 Å². The number of carbonyl (C=O) groups is 1. The molecule has 0 fully saturated rings. The second-order valence-electron chi connectivity index (χ2n) is 6.94. The Bertz CT molecular complexity index is 900. The predicted molar refractivity (Wildman–Crippen MR) is 113 cm³/mol. The van der Waals surface area contributed by atoms with E-state index in [4.69, 9.17) is 4.98 Å². The van der Waals surface area contributed by atoms with Crippen LogP contribution in [0.5, 0.6) is 0 Å². The number of fused-ring (bicyclic) bond motifs is 1. The number of amides is 1. The summed E-state index contributed by atoms with van der Waals surface area (Å²) in [6.07, 6.45) is 5.60. The normalized spacial score (nSPS) is 10.9. The van der Waals surface area contributed by atoms with E-state index in [0.29, 0.717) is 5.56 Å². The van der Waals surface area contributed by atoms with Crippen LogP contribution in [0.3, 0.4) is 0 Å². The zero-order chi connectivity index (χ0) is 19.1. The monoisotopic (exact) mass is 360 g/mol. The first kappa shape index (κ1) is 19.1. The van der Waals surface area contributed by atoms with Crippen LogP contribution in [0.15, 0.2) is 54.6 Å². The summed E-state index contributed by atoms with van der Waals surface area (Å²) < 4.78 is 0. The summed E-state index contributed by atoms with van der Waals surface area (Å²) in [6.45, 7) is 5.05. The van der Waals surface area contributed by atoms with Crippen LogP contribution in [0.4, 0.5) is 0 Å². The molecule has 1 heterocycles. The molecule has 0 unspecified atom stereocenters. The van der Waals surface area contributed by atoms with Crippen LogP contribution in [0, 0.1) is 0 Å². The molecule has 0 aliphatic heterocycles. The summed E-state index contributed by atoms with van der Waals surface area (Å²) in [4.78, 5) is 17.6. The summed E-state index contributed by atoms with van der Waals surface area (Å²) in [5, 5.41) is 3.98. The smallest absolute Gasteiger partial charge is 0.252 e. The fraction of sp³-hybridized carbons (Fsp3) is 0.333. The van der Waals surface area contributed by atoms with Gasteiger partial charge in [-0.25, -0.2) is 4.98 Å². The number of pyridine rings is 1. The number of hydrogen-bond donors (Lipinski definition) is 1. The Labute approximate surface area is 161 Å². The SMILES string of the molecule is CCCCCCNC(=O)c1cc(-c2ccc(CC)cc2)nc2ccccc12. The second kappa shape index (κ2) is 9.31. The van der Waals surface area contributed by atoms with E-state index in [9.17, 15) is 4.79 Å². The molecule has 0 atom stereocenters. The van der Waals surface area contributed by atoms with Crippen molar-refractivity contribution >= 4 is 16.8 Å². The lowest BCUT2D eigenvalue weighted by Gasteiger charge is -2.11. The number of rotatable bonds is 8. The average molecular weight is 361 g/mol. The summed E-state index contributed by atoms with van der Waals surface area (Å²) in [7, 11) is 0. The lowest BCUT2D eigenvalue weighted by Crippen LogP contribution is -2.24. The van der Waals surface area contributed by atoms with Crippen LogP contribution in [-0.2, 0) is 6.42 Å². The molecule has 0 spiro atoms. The molecule has 0 aliphatic rings. The van der Waals surface area contributed by atoms with Crippen molar-refractivity contribution < 1.29 is 4.79 Å². The average Bonchev–Trinajstić information content (AvgIpc) is 2.72. The summed E-state index contributed by atoms with van der Waals surface area (Å²) in [5.74, 6) is -0.0171. The van der Waals surface area contributed by atoms with E-state index in [2.05, 4.69) is 43.4 Å². The number of benzene rings is 2. The fourth-order valence-corrected chi connectivity index (χ4v) is 3.27. The maximum Gasteiger partial charge on any atom is 0.252 e. The molecular formula is C24H28N2O. The van der Waals surface area contributed by atoms with Gasteiger partial charge in [-0.1, -0.05) is 75.6 Å². The van der Waals surface area contributed by atoms with Crippen molar-refractivity contribution in [2.45, 2.75) is 46.0 Å². The van der Waals surface area contributed by atoms with Gasteiger partial charge in [0.2, 0.25) is 0 Å². The molecule has 3 heteroatoms. The van der Waals surface area contributed by atoms with Crippen molar-refractivity contribution in [3.63, 3.8) is 0 Å². The highest BCUT2D eigenvalue weighted by Crippen LogP contribution is 2.25. The lowest BCUT2D eigenvalue weighted by molar-refractivity contribution is 0.0954. The van der Waals surface area contributed by atoms with Gasteiger partial charge in [-0.05, 0) is 30.5 Å². The lowest BCUT2D eigenvalue weighted by atomic mass is 10.0. The Morgan fingerprint density at radius 1 is 0.963 bits per heavy atom. The van der Waals surface area contributed by atoms with Crippen LogP contribution in [-0.4, -0.2) is 17.4 Å². The minimum atomic E-state index is -0.0171. The van der Waals surface area contributed by atoms with Crippen molar-refractivity contribution in [1.29, 1.82) is 0 Å². The number of aromatic nitrogens is 1. The van der Waals surface area contributed by atoms with Crippen molar-refractivity contribution in [3.05, 3.63) is 65.7 Å². The van der Waals surface area contributed by atoms with E-state index in [1.54, 1.807) is 0 Å². The quantitative estimate of drug-likeness (QED) is 0.518. The van der Waals surface area contributed by atoms with Crippen molar-refractivity contribution in [1.82, 2.24) is 10.3 Å². The molecule has 2 aromatic carbocycles. The Balaban J connectivity index is 1.89. The zero-order valence-electron chi connectivity index (χ0n) is 16.3. The van der Waals surface area contributed by atoms with Gasteiger partial charge in [-0.15, -0.1) is 0 Å². The Morgan fingerprint density at radius 3 is 2.48 bits per heavy atom. The fourth-order valence-electron chi connectivity index (χ4n) is 3.27. The van der Waals surface area contributed by atoms with Crippen LogP contribution in [0.25, 0.3) is 22.2 Å².